The number of aliphatic hydroxyl groups is 1. The number of fused-ring (bicyclic) bond motifs is 2. The van der Waals surface area contributed by atoms with E-state index in [1.54, 1.807) is 45.9 Å². The Hall–Kier alpha value is -7.22. The lowest BCUT2D eigenvalue weighted by Gasteiger charge is -2.53. The fourth-order valence-corrected chi connectivity index (χ4v) is 8.50. The predicted molar refractivity (Wildman–Crippen MR) is 264 cm³/mol. The van der Waals surface area contributed by atoms with Gasteiger partial charge in [-0.2, -0.15) is 0 Å². The van der Waals surface area contributed by atoms with E-state index < -0.39 is 115 Å². The Balaban J connectivity index is 1.26. The summed E-state index contributed by atoms with van der Waals surface area (Å²) in [5, 5.41) is 11.9. The molecule has 77 heavy (non-hydrogen) atoms. The molecule has 0 bridgehead atoms. The lowest BCUT2D eigenvalue weighted by atomic mass is 9.96. The van der Waals surface area contributed by atoms with Gasteiger partial charge in [0.2, 0.25) is 5.79 Å². The van der Waals surface area contributed by atoms with Crippen LogP contribution in [0.3, 0.4) is 0 Å². The summed E-state index contributed by atoms with van der Waals surface area (Å²) in [6.07, 6.45) is -3.90. The van der Waals surface area contributed by atoms with Crippen LogP contribution in [0.25, 0.3) is 18.2 Å². The quantitative estimate of drug-likeness (QED) is 0.0873. The molecule has 1 N–H and O–H groups in total. The third-order valence-corrected chi connectivity index (χ3v) is 11.9. The third kappa shape index (κ3) is 14.6. The average Bonchev–Trinajstić information content (AvgIpc) is 3.66. The molecular weight excluding hydrogens is 1020 g/mol. The molecule has 4 saturated heterocycles. The Labute approximate surface area is 442 Å². The number of esters is 6. The smallest absolute Gasteiger partial charge is 0.331 e. The van der Waals surface area contributed by atoms with E-state index in [0.29, 0.717) is 16.7 Å². The number of benzene rings is 3. The molecule has 414 valence electrons. The third-order valence-electron chi connectivity index (χ3n) is 11.9. The molecule has 23 nitrogen and oxygen atoms in total. The SMILES string of the molecule is COc1cc(/C=C/C(=O)OC[C@@H]2O[C@]3(COC(C)(C)O[C@H]4[C@H](OC5COC(C)(C)OC5[C@@H]4O)O3)[C@H](OC(=O)/C=C/c3ccc(OC(C)=O)c(OC)c3)[C@H]2OC(=O)/C=C/c2ccc(OC(C)=O)c(OC)c2)ccc1OC(C)=O. The summed E-state index contributed by atoms with van der Waals surface area (Å²) >= 11 is 0. The first-order chi connectivity index (χ1) is 36.5. The van der Waals surface area contributed by atoms with Crippen LogP contribution < -0.4 is 28.4 Å². The van der Waals surface area contributed by atoms with Crippen molar-refractivity contribution in [3.05, 3.63) is 89.5 Å². The first-order valence-corrected chi connectivity index (χ1v) is 24.0. The van der Waals surface area contributed by atoms with E-state index in [1.807, 2.05) is 0 Å². The van der Waals surface area contributed by atoms with E-state index in [4.69, 9.17) is 75.8 Å². The summed E-state index contributed by atoms with van der Waals surface area (Å²) in [6, 6.07) is 13.6. The van der Waals surface area contributed by atoms with Gasteiger partial charge in [-0.05, 0) is 99.0 Å². The van der Waals surface area contributed by atoms with E-state index in [2.05, 4.69) is 0 Å². The zero-order valence-corrected chi connectivity index (χ0v) is 43.8. The van der Waals surface area contributed by atoms with Crippen LogP contribution >= 0.6 is 0 Å². The Morgan fingerprint density at radius 1 is 0.584 bits per heavy atom. The highest BCUT2D eigenvalue weighted by molar-refractivity contribution is 5.89. The van der Waals surface area contributed by atoms with Crippen molar-refractivity contribution >= 4 is 54.0 Å². The first-order valence-electron chi connectivity index (χ1n) is 24.0. The van der Waals surface area contributed by atoms with Crippen molar-refractivity contribution < 1.29 is 110 Å². The molecule has 0 radical (unpaired) electrons. The molecule has 9 atom stereocenters. The number of carbonyl (C=O) groups excluding carboxylic acids is 6. The van der Waals surface area contributed by atoms with Gasteiger partial charge in [0, 0.05) is 39.0 Å². The van der Waals surface area contributed by atoms with Crippen molar-refractivity contribution in [2.75, 3.05) is 41.2 Å². The zero-order chi connectivity index (χ0) is 55.8. The molecule has 4 fully saturated rings. The van der Waals surface area contributed by atoms with Crippen LogP contribution in [0.4, 0.5) is 0 Å². The number of rotatable bonds is 16. The van der Waals surface area contributed by atoms with E-state index in [-0.39, 0.29) is 41.1 Å². The van der Waals surface area contributed by atoms with Crippen LogP contribution in [-0.2, 0) is 76.1 Å². The summed E-state index contributed by atoms with van der Waals surface area (Å²) in [4.78, 5) is 76.9. The topological polar surface area (TPSA) is 270 Å². The summed E-state index contributed by atoms with van der Waals surface area (Å²) in [5.74, 6) is -8.71. The van der Waals surface area contributed by atoms with E-state index in [0.717, 1.165) is 18.2 Å². The van der Waals surface area contributed by atoms with Gasteiger partial charge in [0.1, 0.15) is 43.7 Å². The minimum atomic E-state index is -2.31. The fraction of sp³-hybridized carbons (Fsp3) is 0.444. The number of ether oxygens (including phenoxy) is 16. The molecule has 4 aliphatic rings. The lowest BCUT2D eigenvalue weighted by Crippen LogP contribution is -2.69. The summed E-state index contributed by atoms with van der Waals surface area (Å²) in [6.45, 7) is 8.80. The van der Waals surface area contributed by atoms with Crippen molar-refractivity contribution in [2.45, 2.75) is 115 Å². The molecular formula is C54H60O23. The minimum absolute atomic E-state index is 0.0505. The van der Waals surface area contributed by atoms with Crippen molar-refractivity contribution in [3.8, 4) is 34.5 Å². The van der Waals surface area contributed by atoms with Crippen molar-refractivity contribution in [3.63, 3.8) is 0 Å². The van der Waals surface area contributed by atoms with Crippen LogP contribution in [0.5, 0.6) is 34.5 Å². The van der Waals surface area contributed by atoms with Gasteiger partial charge in [0.15, 0.2) is 64.6 Å². The molecule has 7 rings (SSSR count). The average molecular weight is 1080 g/mol. The Kier molecular flexibility index (Phi) is 18.2. The fourth-order valence-electron chi connectivity index (χ4n) is 8.50. The van der Waals surface area contributed by atoms with Gasteiger partial charge in [-0.25, -0.2) is 14.4 Å². The molecule has 0 aromatic heterocycles. The molecule has 3 aromatic rings. The van der Waals surface area contributed by atoms with Crippen LogP contribution in [-0.4, -0.2) is 148 Å². The highest BCUT2D eigenvalue weighted by Crippen LogP contribution is 2.45. The van der Waals surface area contributed by atoms with E-state index in [1.165, 1.54) is 96.7 Å². The summed E-state index contributed by atoms with van der Waals surface area (Å²) < 4.78 is 94.0. The zero-order valence-electron chi connectivity index (χ0n) is 43.8. The monoisotopic (exact) mass is 1080 g/mol. The second-order valence-corrected chi connectivity index (χ2v) is 18.6. The first kappa shape index (κ1) is 57.5. The normalized spacial score (nSPS) is 26.4. The number of hydrogen-bond donors (Lipinski definition) is 1. The molecule has 3 aromatic carbocycles. The number of aliphatic hydroxyl groups excluding tert-OH is 1. The van der Waals surface area contributed by atoms with Gasteiger partial charge in [-0.1, -0.05) is 18.2 Å². The second-order valence-electron chi connectivity index (χ2n) is 18.6. The Morgan fingerprint density at radius 2 is 1.04 bits per heavy atom. The van der Waals surface area contributed by atoms with Crippen molar-refractivity contribution in [2.24, 2.45) is 0 Å². The standard InChI is InChI=1S/C54H60O23/c1-29(55)68-35-17-11-32(23-38(35)62-8)14-20-43(58)65-26-42-48(72-44(59)21-15-33-12-18-36(69-30(2)56)39(24-33)63-9)50(73-45(60)22-16-34-13-19-37(70-31(3)57)40(25-34)64-10)54(74-42)28-67-53(6,7)76-49-46(61)47-41(71-51(49)77-54)27-66-52(4,5)75-47/h11-25,41-42,46-51,61H,26-28H2,1-10H3/b20-14+,21-15+,22-16+/t41?,42-,46-,47?,48-,49+,50+,51+,54-/m0/s1. The molecule has 0 amide bonds. The molecule has 0 saturated carbocycles. The number of hydrogen-bond acceptors (Lipinski definition) is 23. The van der Waals surface area contributed by atoms with Crippen LogP contribution in [0, 0.1) is 0 Å². The van der Waals surface area contributed by atoms with E-state index in [9.17, 15) is 33.9 Å². The highest BCUT2D eigenvalue weighted by atomic mass is 16.9. The molecule has 1 spiro atoms. The maximum absolute atomic E-state index is 14.2. The number of carbonyl (C=O) groups is 6. The molecule has 4 heterocycles. The van der Waals surface area contributed by atoms with Crippen LogP contribution in [0.2, 0.25) is 0 Å². The van der Waals surface area contributed by atoms with Gasteiger partial charge in [0.25, 0.3) is 0 Å². The molecule has 0 aliphatic carbocycles. The van der Waals surface area contributed by atoms with Crippen molar-refractivity contribution in [1.29, 1.82) is 0 Å². The van der Waals surface area contributed by atoms with Gasteiger partial charge in [0.05, 0.1) is 27.9 Å². The van der Waals surface area contributed by atoms with Gasteiger partial charge < -0.3 is 80.9 Å². The molecule has 4 aliphatic heterocycles. The largest absolute Gasteiger partial charge is 0.493 e. The highest BCUT2D eigenvalue weighted by Gasteiger charge is 2.65. The predicted octanol–water partition coefficient (Wildman–Crippen LogP) is 4.80. The van der Waals surface area contributed by atoms with Crippen LogP contribution in [0.15, 0.2) is 72.8 Å². The maximum Gasteiger partial charge on any atom is 0.331 e. The van der Waals surface area contributed by atoms with Gasteiger partial charge >= 0.3 is 35.8 Å². The maximum atomic E-state index is 14.2. The van der Waals surface area contributed by atoms with Gasteiger partial charge in [-0.15, -0.1) is 0 Å². The Bertz CT molecular complexity index is 2780. The second kappa shape index (κ2) is 24.4. The van der Waals surface area contributed by atoms with Crippen molar-refractivity contribution in [1.82, 2.24) is 0 Å². The Morgan fingerprint density at radius 3 is 1.52 bits per heavy atom. The summed E-state index contributed by atoms with van der Waals surface area (Å²) in [7, 11) is 4.11. The number of methoxy groups -OCH3 is 3. The van der Waals surface area contributed by atoms with Gasteiger partial charge in [-0.3, -0.25) is 14.4 Å². The molecule has 2 unspecified atom stereocenters. The van der Waals surface area contributed by atoms with E-state index >= 15 is 0 Å². The minimum Gasteiger partial charge on any atom is -0.493 e. The molecule has 23 heteroatoms. The summed E-state index contributed by atoms with van der Waals surface area (Å²) in [5.41, 5.74) is 1.27. The lowest BCUT2D eigenvalue weighted by molar-refractivity contribution is -0.454. The van der Waals surface area contributed by atoms with Crippen LogP contribution in [0.1, 0.15) is 65.2 Å².